The van der Waals surface area contributed by atoms with E-state index in [1.165, 1.54) is 17.8 Å². The van der Waals surface area contributed by atoms with E-state index < -0.39 is 36.2 Å². The minimum absolute atomic E-state index is 0.0215. The van der Waals surface area contributed by atoms with Crippen LogP contribution in [0.2, 0.25) is 0 Å². The monoisotopic (exact) mass is 711 g/mol. The fraction of sp³-hybridized carbons (Fsp3) is 0.289. The van der Waals surface area contributed by atoms with Crippen molar-refractivity contribution in [2.45, 2.75) is 62.7 Å². The Bertz CT molecular complexity index is 1860. The maximum atomic E-state index is 13.1. The Morgan fingerprint density at radius 1 is 0.922 bits per heavy atom. The number of benzene rings is 3. The molecule has 3 amide bonds. The second-order valence-corrected chi connectivity index (χ2v) is 13.3. The van der Waals surface area contributed by atoms with E-state index in [0.717, 1.165) is 21.6 Å². The molecule has 1 aromatic heterocycles. The van der Waals surface area contributed by atoms with Gasteiger partial charge in [-0.2, -0.15) is 0 Å². The molecule has 5 unspecified atom stereocenters. The van der Waals surface area contributed by atoms with Gasteiger partial charge < -0.3 is 29.7 Å². The van der Waals surface area contributed by atoms with Crippen molar-refractivity contribution < 1.29 is 43.6 Å². The Kier molecular flexibility index (Phi) is 11.4. The van der Waals surface area contributed by atoms with Gasteiger partial charge in [0.25, 0.3) is 5.91 Å². The lowest BCUT2D eigenvalue weighted by atomic mass is 9.91. The van der Waals surface area contributed by atoms with Gasteiger partial charge in [0.15, 0.2) is 6.29 Å². The van der Waals surface area contributed by atoms with E-state index in [-0.39, 0.29) is 49.9 Å². The topological polar surface area (TPSA) is 165 Å². The molecule has 0 saturated carbocycles. The zero-order chi connectivity index (χ0) is 35.9. The van der Waals surface area contributed by atoms with Crippen molar-refractivity contribution in [3.8, 4) is 0 Å². The molecule has 5 atom stereocenters. The minimum atomic E-state index is -1.06. The first-order chi connectivity index (χ1) is 24.7. The standard InChI is InChI=1S/C38H37N3O9S/c1-23-31(22-51-34-29(36(45)46)8-5-17-39-34)49-37(50-33(23)27-13-11-25(20-42)12-14-27)28-15-9-24(10-16-28)19-41-32(43)18-30(35(41)44)40-38(47)48-21-26-6-3-2-4-7-26/h2-17,23,30-31,33,37,42H,18-22H2,1H3,(H,40,47)(H,45,46). The number of pyridine rings is 1. The van der Waals surface area contributed by atoms with Crippen molar-refractivity contribution in [1.82, 2.24) is 15.2 Å². The highest BCUT2D eigenvalue weighted by Gasteiger charge is 2.41. The van der Waals surface area contributed by atoms with Gasteiger partial charge >= 0.3 is 12.1 Å². The Morgan fingerprint density at radius 3 is 2.33 bits per heavy atom. The van der Waals surface area contributed by atoms with Crippen molar-refractivity contribution >= 4 is 35.6 Å². The van der Waals surface area contributed by atoms with Crippen molar-refractivity contribution in [1.29, 1.82) is 0 Å². The number of aromatic nitrogens is 1. The van der Waals surface area contributed by atoms with Crippen LogP contribution in [0, 0.1) is 5.92 Å². The molecule has 12 nitrogen and oxygen atoms in total. The summed E-state index contributed by atoms with van der Waals surface area (Å²) in [7, 11) is 0. The molecule has 3 aromatic carbocycles. The summed E-state index contributed by atoms with van der Waals surface area (Å²) in [6, 6.07) is 25.9. The number of carboxylic acid groups (broad SMARTS) is 1. The molecule has 0 spiro atoms. The van der Waals surface area contributed by atoms with Gasteiger partial charge in [0.1, 0.15) is 17.7 Å². The third kappa shape index (κ3) is 8.63. The number of alkyl carbamates (subject to hydrolysis) is 1. The number of aliphatic hydroxyl groups excluding tert-OH is 1. The predicted octanol–water partition coefficient (Wildman–Crippen LogP) is 5.41. The molecule has 4 aromatic rings. The SMILES string of the molecule is CC1C(CSc2ncccc2C(=O)O)OC(c2ccc(CN3C(=O)CC(NC(=O)OCc4ccccc4)C3=O)cc2)OC1c1ccc(CO)cc1. The molecule has 51 heavy (non-hydrogen) atoms. The number of aliphatic hydroxyl groups is 1. The van der Waals surface area contributed by atoms with Gasteiger partial charge in [-0.25, -0.2) is 14.6 Å². The normalized spacial score (nSPS) is 21.8. The summed E-state index contributed by atoms with van der Waals surface area (Å²) in [5.74, 6) is -1.69. The smallest absolute Gasteiger partial charge is 0.408 e. The lowest BCUT2D eigenvalue weighted by Crippen LogP contribution is -2.41. The Balaban J connectivity index is 1.12. The highest BCUT2D eigenvalue weighted by atomic mass is 32.2. The van der Waals surface area contributed by atoms with Gasteiger partial charge in [-0.3, -0.25) is 14.5 Å². The molecule has 13 heteroatoms. The number of nitrogens with zero attached hydrogens (tertiary/aromatic N) is 2. The quantitative estimate of drug-likeness (QED) is 0.127. The van der Waals surface area contributed by atoms with E-state index in [1.807, 2.05) is 73.7 Å². The van der Waals surface area contributed by atoms with E-state index in [4.69, 9.17) is 14.2 Å². The second kappa shape index (κ2) is 16.3. The van der Waals surface area contributed by atoms with Gasteiger partial charge in [-0.1, -0.05) is 85.8 Å². The van der Waals surface area contributed by atoms with Crippen LogP contribution in [-0.4, -0.2) is 61.9 Å². The third-order valence-electron chi connectivity index (χ3n) is 8.85. The molecule has 3 heterocycles. The van der Waals surface area contributed by atoms with Crippen LogP contribution in [0.15, 0.2) is 102 Å². The molecular formula is C38H37N3O9S. The first-order valence-electron chi connectivity index (χ1n) is 16.4. The van der Waals surface area contributed by atoms with Gasteiger partial charge in [-0.05, 0) is 34.4 Å². The van der Waals surface area contributed by atoms with E-state index in [0.29, 0.717) is 21.9 Å². The lowest BCUT2D eigenvalue weighted by Gasteiger charge is -2.41. The average Bonchev–Trinajstić information content (AvgIpc) is 3.41. The van der Waals surface area contributed by atoms with E-state index in [1.54, 1.807) is 24.4 Å². The maximum Gasteiger partial charge on any atom is 0.408 e. The van der Waals surface area contributed by atoms with Crippen molar-refractivity contribution in [3.05, 3.63) is 131 Å². The lowest BCUT2D eigenvalue weighted by molar-refractivity contribution is -0.268. The van der Waals surface area contributed by atoms with Gasteiger partial charge in [0.05, 0.1) is 37.3 Å². The third-order valence-corrected chi connectivity index (χ3v) is 9.94. The Hall–Kier alpha value is -5.08. The number of amides is 3. The number of likely N-dealkylation sites (tertiary alicyclic amines) is 1. The zero-order valence-corrected chi connectivity index (χ0v) is 28.5. The fourth-order valence-electron chi connectivity index (χ4n) is 5.97. The maximum absolute atomic E-state index is 13.1. The second-order valence-electron chi connectivity index (χ2n) is 12.3. The molecule has 6 rings (SSSR count). The van der Waals surface area contributed by atoms with Crippen molar-refractivity contribution in [2.24, 2.45) is 5.92 Å². The Morgan fingerprint density at radius 2 is 1.63 bits per heavy atom. The number of hydrogen-bond acceptors (Lipinski definition) is 10. The van der Waals surface area contributed by atoms with Crippen LogP contribution in [-0.2, 0) is 43.6 Å². The van der Waals surface area contributed by atoms with Crippen LogP contribution in [0.1, 0.15) is 63.9 Å². The molecule has 0 radical (unpaired) electrons. The molecule has 0 aliphatic carbocycles. The number of aromatic carboxylic acids is 1. The zero-order valence-electron chi connectivity index (χ0n) is 27.7. The van der Waals surface area contributed by atoms with Gasteiger partial charge in [0, 0.05) is 23.4 Å². The summed E-state index contributed by atoms with van der Waals surface area (Å²) in [5.41, 5.74) is 3.99. The number of thioether (sulfide) groups is 1. The molecule has 264 valence electrons. The van der Waals surface area contributed by atoms with Crippen molar-refractivity contribution in [2.75, 3.05) is 5.75 Å². The number of nitrogens with one attached hydrogen (secondary N) is 1. The average molecular weight is 712 g/mol. The van der Waals surface area contributed by atoms with Crippen LogP contribution in [0.5, 0.6) is 0 Å². The molecule has 2 aliphatic heterocycles. The number of rotatable bonds is 12. The molecule has 2 saturated heterocycles. The number of hydrogen-bond donors (Lipinski definition) is 3. The summed E-state index contributed by atoms with van der Waals surface area (Å²) in [6.45, 7) is 1.99. The number of carboxylic acids is 1. The van der Waals surface area contributed by atoms with Gasteiger partial charge in [-0.15, -0.1) is 11.8 Å². The van der Waals surface area contributed by atoms with Gasteiger partial charge in [0.2, 0.25) is 5.91 Å². The molecule has 3 N–H and O–H groups in total. The van der Waals surface area contributed by atoms with E-state index in [9.17, 15) is 29.4 Å². The highest BCUT2D eigenvalue weighted by Crippen LogP contribution is 2.43. The summed E-state index contributed by atoms with van der Waals surface area (Å²) >= 11 is 1.30. The van der Waals surface area contributed by atoms with E-state index >= 15 is 0 Å². The van der Waals surface area contributed by atoms with Crippen LogP contribution < -0.4 is 5.32 Å². The summed E-state index contributed by atoms with van der Waals surface area (Å²) in [5, 5.41) is 22.1. The largest absolute Gasteiger partial charge is 0.478 e. The van der Waals surface area contributed by atoms with Crippen LogP contribution in [0.3, 0.4) is 0 Å². The summed E-state index contributed by atoms with van der Waals surface area (Å²) in [4.78, 5) is 55.4. The van der Waals surface area contributed by atoms with Crippen LogP contribution in [0.25, 0.3) is 0 Å². The molecule has 2 fully saturated rings. The minimum Gasteiger partial charge on any atom is -0.478 e. The van der Waals surface area contributed by atoms with E-state index in [2.05, 4.69) is 10.3 Å². The molecule has 2 aliphatic rings. The highest BCUT2D eigenvalue weighted by molar-refractivity contribution is 7.99. The first kappa shape index (κ1) is 35.7. The fourth-order valence-corrected chi connectivity index (χ4v) is 7.12. The summed E-state index contributed by atoms with van der Waals surface area (Å²) < 4.78 is 18.2. The summed E-state index contributed by atoms with van der Waals surface area (Å²) in [6.07, 6.45) is -0.904. The molecule has 0 bridgehead atoms. The van der Waals surface area contributed by atoms with Crippen LogP contribution >= 0.6 is 11.8 Å². The predicted molar refractivity (Wildman–Crippen MR) is 185 cm³/mol. The number of ether oxygens (including phenoxy) is 3. The first-order valence-corrected chi connectivity index (χ1v) is 17.4. The number of carbonyl (C=O) groups excluding carboxylic acids is 3. The Labute approximate surface area is 298 Å². The van der Waals surface area contributed by atoms with Crippen LogP contribution in [0.4, 0.5) is 4.79 Å². The molecular weight excluding hydrogens is 674 g/mol. The van der Waals surface area contributed by atoms with Crippen molar-refractivity contribution in [3.63, 3.8) is 0 Å². The number of imide groups is 1. The number of carbonyl (C=O) groups is 4.